The first kappa shape index (κ1) is 21.0. The maximum absolute atomic E-state index is 13.1. The van der Waals surface area contributed by atoms with Crippen molar-refractivity contribution in [1.82, 2.24) is 19.2 Å². The lowest BCUT2D eigenvalue weighted by atomic mass is 9.74. The third kappa shape index (κ3) is 3.77. The highest BCUT2D eigenvalue weighted by Crippen LogP contribution is 2.43. The molecule has 29 heavy (non-hydrogen) atoms. The summed E-state index contributed by atoms with van der Waals surface area (Å²) < 4.78 is 71.9. The van der Waals surface area contributed by atoms with Crippen molar-refractivity contribution in [1.29, 1.82) is 0 Å². The normalized spacial score (nSPS) is 25.2. The number of halogens is 3. The zero-order valence-electron chi connectivity index (χ0n) is 16.5. The van der Waals surface area contributed by atoms with Crippen LogP contribution >= 0.6 is 0 Å². The van der Waals surface area contributed by atoms with E-state index in [2.05, 4.69) is 14.9 Å². The van der Waals surface area contributed by atoms with Crippen LogP contribution in [0, 0.1) is 18.3 Å². The van der Waals surface area contributed by atoms with Gasteiger partial charge in [-0.2, -0.15) is 17.5 Å². The fraction of sp³-hybridized carbons (Fsp3) is 0.778. The van der Waals surface area contributed by atoms with Gasteiger partial charge in [-0.3, -0.25) is 0 Å². The van der Waals surface area contributed by atoms with Crippen molar-refractivity contribution in [2.45, 2.75) is 37.8 Å². The molecule has 0 saturated carbocycles. The highest BCUT2D eigenvalue weighted by molar-refractivity contribution is 7.89. The lowest BCUT2D eigenvalue weighted by Gasteiger charge is -2.60. The summed E-state index contributed by atoms with van der Waals surface area (Å²) in [5.74, 6) is -0.747. The Balaban J connectivity index is 1.45. The smallest absolute Gasteiger partial charge is 0.381 e. The van der Waals surface area contributed by atoms with Gasteiger partial charge in [-0.15, -0.1) is 0 Å². The van der Waals surface area contributed by atoms with Gasteiger partial charge in [-0.05, 0) is 25.7 Å². The predicted octanol–water partition coefficient (Wildman–Crippen LogP) is 1.71. The molecule has 0 aliphatic carbocycles. The third-order valence-corrected chi connectivity index (χ3v) is 7.96. The maximum atomic E-state index is 13.1. The summed E-state index contributed by atoms with van der Waals surface area (Å²) in [6, 6.07) is 0. The minimum absolute atomic E-state index is 0.0421. The molecule has 1 spiro atoms. The molecule has 0 bridgehead atoms. The van der Waals surface area contributed by atoms with E-state index in [9.17, 15) is 21.6 Å². The van der Waals surface area contributed by atoms with Crippen LogP contribution < -0.4 is 0 Å². The molecule has 3 aliphatic rings. The molecule has 3 saturated heterocycles. The molecule has 0 amide bonds. The van der Waals surface area contributed by atoms with Crippen LogP contribution in [-0.4, -0.2) is 73.5 Å². The number of alkyl halides is 3. The molecule has 1 aromatic heterocycles. The van der Waals surface area contributed by atoms with Gasteiger partial charge >= 0.3 is 6.18 Å². The van der Waals surface area contributed by atoms with Crippen LogP contribution in [0.25, 0.3) is 0 Å². The van der Waals surface area contributed by atoms with Crippen molar-refractivity contribution in [3.63, 3.8) is 0 Å². The first-order valence-electron chi connectivity index (χ1n) is 9.79. The van der Waals surface area contributed by atoms with Crippen LogP contribution in [0.3, 0.4) is 0 Å². The lowest BCUT2D eigenvalue weighted by Crippen LogP contribution is -2.73. The summed E-state index contributed by atoms with van der Waals surface area (Å²) in [5, 5.41) is 0. The van der Waals surface area contributed by atoms with Gasteiger partial charge in [-0.25, -0.2) is 18.4 Å². The molecule has 4 heterocycles. The minimum Gasteiger partial charge on any atom is -0.381 e. The molecular weight excluding hydrogens is 409 g/mol. The summed E-state index contributed by atoms with van der Waals surface area (Å²) in [5.41, 5.74) is -0.275. The minimum atomic E-state index is -4.71. The van der Waals surface area contributed by atoms with Gasteiger partial charge in [0.2, 0.25) is 15.8 Å². The number of sulfonamides is 1. The van der Waals surface area contributed by atoms with E-state index in [1.807, 2.05) is 0 Å². The van der Waals surface area contributed by atoms with Crippen LogP contribution in [0.4, 0.5) is 13.2 Å². The van der Waals surface area contributed by atoms with E-state index in [0.29, 0.717) is 19.0 Å². The molecular formula is C18H25F3N4O3S. The van der Waals surface area contributed by atoms with E-state index in [1.54, 1.807) is 6.92 Å². The molecule has 162 valence electrons. The molecule has 0 aromatic carbocycles. The maximum Gasteiger partial charge on any atom is 0.451 e. The predicted molar refractivity (Wildman–Crippen MR) is 97.7 cm³/mol. The van der Waals surface area contributed by atoms with Crippen molar-refractivity contribution in [2.24, 2.45) is 11.3 Å². The number of hydrogen-bond acceptors (Lipinski definition) is 6. The second kappa shape index (κ2) is 7.14. The zero-order chi connectivity index (χ0) is 21.0. The van der Waals surface area contributed by atoms with Gasteiger partial charge in [0.15, 0.2) is 0 Å². The number of aryl methyl sites for hydroxylation is 2. The zero-order valence-corrected chi connectivity index (χ0v) is 17.3. The Kier molecular flexibility index (Phi) is 5.16. The van der Waals surface area contributed by atoms with Gasteiger partial charge in [-0.1, -0.05) is 6.92 Å². The average molecular weight is 434 g/mol. The van der Waals surface area contributed by atoms with E-state index in [4.69, 9.17) is 4.74 Å². The van der Waals surface area contributed by atoms with Crippen LogP contribution in [0.15, 0.2) is 4.90 Å². The lowest BCUT2D eigenvalue weighted by molar-refractivity contribution is -0.145. The summed E-state index contributed by atoms with van der Waals surface area (Å²) in [4.78, 5) is 9.09. The highest BCUT2D eigenvalue weighted by atomic mass is 32.2. The Morgan fingerprint density at radius 2 is 1.90 bits per heavy atom. The van der Waals surface area contributed by atoms with E-state index in [1.165, 1.54) is 11.2 Å². The number of hydrogen-bond donors (Lipinski definition) is 0. The van der Waals surface area contributed by atoms with Gasteiger partial charge < -0.3 is 9.64 Å². The van der Waals surface area contributed by atoms with Crippen molar-refractivity contribution < 1.29 is 26.3 Å². The summed E-state index contributed by atoms with van der Waals surface area (Å²) in [6.45, 7) is 7.92. The largest absolute Gasteiger partial charge is 0.451 e. The Bertz CT molecular complexity index is 886. The van der Waals surface area contributed by atoms with Crippen LogP contribution in [0.1, 0.15) is 30.6 Å². The molecule has 1 aromatic rings. The Morgan fingerprint density at radius 1 is 1.21 bits per heavy atom. The number of likely N-dealkylation sites (tertiary alicyclic amines) is 1. The molecule has 3 aliphatic heterocycles. The molecule has 0 radical (unpaired) electrons. The average Bonchev–Trinajstić information content (AvgIpc) is 3.06. The molecule has 4 rings (SSSR count). The monoisotopic (exact) mass is 434 g/mol. The van der Waals surface area contributed by atoms with Crippen molar-refractivity contribution in [2.75, 3.05) is 45.9 Å². The summed E-state index contributed by atoms with van der Waals surface area (Å²) in [7, 11) is -3.92. The Labute approximate surface area is 168 Å². The van der Waals surface area contributed by atoms with Gasteiger partial charge in [0, 0.05) is 44.7 Å². The molecule has 3 fully saturated rings. The van der Waals surface area contributed by atoms with Gasteiger partial charge in [0.05, 0.1) is 18.0 Å². The van der Waals surface area contributed by atoms with E-state index in [0.717, 1.165) is 39.3 Å². The number of aromatic nitrogens is 2. The molecule has 0 N–H and O–H groups in total. The first-order chi connectivity index (χ1) is 13.5. The van der Waals surface area contributed by atoms with Gasteiger partial charge in [0.1, 0.15) is 4.90 Å². The molecule has 7 nitrogen and oxygen atoms in total. The second-order valence-electron chi connectivity index (χ2n) is 8.43. The van der Waals surface area contributed by atoms with Crippen molar-refractivity contribution >= 4 is 10.0 Å². The fourth-order valence-corrected chi connectivity index (χ4v) is 6.70. The van der Waals surface area contributed by atoms with E-state index >= 15 is 0 Å². The standard InChI is InChI=1S/C18H25F3N4O3S/c1-3-14-15(12(2)22-16(23-14)18(19,20)21)29(26,27)25-10-17(11-25)8-24(9-17)6-13-4-5-28-7-13/h13H,3-11H2,1-2H3/t13-/m1/s1. The van der Waals surface area contributed by atoms with Gasteiger partial charge in [0.25, 0.3) is 0 Å². The summed E-state index contributed by atoms with van der Waals surface area (Å²) in [6.07, 6.45) is -3.56. The molecule has 1 atom stereocenters. The Morgan fingerprint density at radius 3 is 2.45 bits per heavy atom. The summed E-state index contributed by atoms with van der Waals surface area (Å²) >= 11 is 0. The SMILES string of the molecule is CCc1nc(C(F)(F)F)nc(C)c1S(=O)(=O)N1CC2(CN(C[C@H]3CCOC3)C2)C1. The van der Waals surface area contributed by atoms with Crippen molar-refractivity contribution in [3.8, 4) is 0 Å². The van der Waals surface area contributed by atoms with Crippen molar-refractivity contribution in [3.05, 3.63) is 17.2 Å². The quantitative estimate of drug-likeness (QED) is 0.703. The van der Waals surface area contributed by atoms with Crippen LogP contribution in [0.2, 0.25) is 0 Å². The third-order valence-electron chi connectivity index (χ3n) is 5.97. The Hall–Kier alpha value is -1.30. The van der Waals surface area contributed by atoms with Crippen LogP contribution in [0.5, 0.6) is 0 Å². The highest BCUT2D eigenvalue weighted by Gasteiger charge is 2.55. The van der Waals surface area contributed by atoms with E-state index in [-0.39, 0.29) is 28.1 Å². The molecule has 0 unspecified atom stereocenters. The van der Waals surface area contributed by atoms with Crippen LogP contribution in [-0.2, 0) is 27.4 Å². The topological polar surface area (TPSA) is 75.6 Å². The number of ether oxygens (including phenoxy) is 1. The first-order valence-corrected chi connectivity index (χ1v) is 11.2. The second-order valence-corrected chi connectivity index (χ2v) is 10.3. The number of rotatable bonds is 5. The molecule has 11 heteroatoms. The van der Waals surface area contributed by atoms with E-state index < -0.39 is 22.0 Å². The number of nitrogens with zero attached hydrogens (tertiary/aromatic N) is 4. The fourth-order valence-electron chi connectivity index (χ4n) is 4.65.